The zero-order valence-corrected chi connectivity index (χ0v) is 21.6. The van der Waals surface area contributed by atoms with Gasteiger partial charge in [-0.3, -0.25) is 9.59 Å². The molecule has 0 bridgehead atoms. The van der Waals surface area contributed by atoms with E-state index < -0.39 is 42.6 Å². The zero-order chi connectivity index (χ0) is 27.8. The van der Waals surface area contributed by atoms with Gasteiger partial charge < -0.3 is 30.3 Å². The van der Waals surface area contributed by atoms with E-state index in [1.807, 2.05) is 78.9 Å². The predicted octanol–water partition coefficient (Wildman–Crippen LogP) is 3.45. The molecule has 0 aromatic heterocycles. The van der Waals surface area contributed by atoms with Crippen molar-refractivity contribution >= 4 is 18.0 Å². The molecule has 0 aliphatic heterocycles. The van der Waals surface area contributed by atoms with Crippen LogP contribution in [0.15, 0.2) is 78.9 Å². The van der Waals surface area contributed by atoms with Crippen molar-refractivity contribution in [3.05, 3.63) is 95.6 Å². The van der Waals surface area contributed by atoms with Crippen LogP contribution in [-0.2, 0) is 25.7 Å². The Hall–Kier alpha value is -4.21. The number of carboxylic acids is 1. The van der Waals surface area contributed by atoms with E-state index in [9.17, 15) is 19.5 Å². The van der Waals surface area contributed by atoms with E-state index in [0.29, 0.717) is 0 Å². The quantitative estimate of drug-likeness (QED) is 0.281. The van der Waals surface area contributed by atoms with Gasteiger partial charge in [0.15, 0.2) is 0 Å². The number of nitrogens with one attached hydrogen (secondary N) is 2. The number of hydrogen-bond acceptors (Lipinski definition) is 6. The van der Waals surface area contributed by atoms with E-state index in [1.165, 1.54) is 0 Å². The van der Waals surface area contributed by atoms with E-state index in [-0.39, 0.29) is 25.7 Å². The van der Waals surface area contributed by atoms with E-state index in [1.54, 1.807) is 6.92 Å². The highest BCUT2D eigenvalue weighted by atomic mass is 16.5. The number of ether oxygens (including phenoxy) is 2. The van der Waals surface area contributed by atoms with Crippen molar-refractivity contribution in [3.8, 4) is 11.1 Å². The first-order valence-electron chi connectivity index (χ1n) is 12.8. The molecule has 0 heterocycles. The number of rotatable bonds is 12. The summed E-state index contributed by atoms with van der Waals surface area (Å²) in [6, 6.07) is 24.2. The number of amides is 2. The fraction of sp³-hybridized carbons (Fsp3) is 0.300. The maximum Gasteiger partial charge on any atom is 0.407 e. The number of carbonyl (C=O) groups is 3. The van der Waals surface area contributed by atoms with Gasteiger partial charge >= 0.3 is 12.1 Å². The van der Waals surface area contributed by atoms with Crippen LogP contribution in [0.4, 0.5) is 4.79 Å². The Labute approximate surface area is 226 Å². The maximum atomic E-state index is 13.0. The molecule has 4 rings (SSSR count). The normalized spacial score (nSPS) is 14.4. The lowest BCUT2D eigenvalue weighted by Crippen LogP contribution is -2.54. The van der Waals surface area contributed by atoms with Crippen molar-refractivity contribution in [2.24, 2.45) is 0 Å². The molecule has 0 fully saturated rings. The highest BCUT2D eigenvalue weighted by Gasteiger charge is 2.32. The number of aliphatic hydroxyl groups is 1. The van der Waals surface area contributed by atoms with E-state index >= 15 is 0 Å². The zero-order valence-electron chi connectivity index (χ0n) is 21.6. The molecule has 1 aliphatic carbocycles. The molecular formula is C30H32N2O7. The fourth-order valence-corrected chi connectivity index (χ4v) is 4.66. The minimum Gasteiger partial charge on any atom is -0.481 e. The van der Waals surface area contributed by atoms with Crippen molar-refractivity contribution in [3.63, 3.8) is 0 Å². The van der Waals surface area contributed by atoms with Gasteiger partial charge in [0.05, 0.1) is 25.2 Å². The average Bonchev–Trinajstić information content (AvgIpc) is 3.26. The fourth-order valence-electron chi connectivity index (χ4n) is 4.66. The number of aliphatic hydroxyl groups excluding tert-OH is 1. The predicted molar refractivity (Wildman–Crippen MR) is 144 cm³/mol. The van der Waals surface area contributed by atoms with Crippen molar-refractivity contribution in [2.45, 2.75) is 44.1 Å². The largest absolute Gasteiger partial charge is 0.481 e. The summed E-state index contributed by atoms with van der Waals surface area (Å²) in [5.41, 5.74) is 5.21. The van der Waals surface area contributed by atoms with Gasteiger partial charge in [-0.05, 0) is 34.7 Å². The number of hydrogen-bond donors (Lipinski definition) is 4. The highest BCUT2D eigenvalue weighted by Crippen LogP contribution is 2.44. The third-order valence-electron chi connectivity index (χ3n) is 6.65. The third kappa shape index (κ3) is 7.22. The van der Waals surface area contributed by atoms with Crippen LogP contribution in [0.5, 0.6) is 0 Å². The second kappa shape index (κ2) is 13.0. The monoisotopic (exact) mass is 532 g/mol. The molecule has 3 aromatic carbocycles. The summed E-state index contributed by atoms with van der Waals surface area (Å²) in [7, 11) is 0. The Morgan fingerprint density at radius 2 is 1.49 bits per heavy atom. The van der Waals surface area contributed by atoms with Crippen molar-refractivity contribution < 1.29 is 34.1 Å². The molecule has 1 aliphatic rings. The summed E-state index contributed by atoms with van der Waals surface area (Å²) in [5, 5.41) is 23.8. The molecule has 0 radical (unpaired) electrons. The minimum absolute atomic E-state index is 0.0742. The number of carboxylic acid groups (broad SMARTS) is 1. The molecule has 0 spiro atoms. The molecule has 4 N–H and O–H groups in total. The molecule has 39 heavy (non-hydrogen) atoms. The van der Waals surface area contributed by atoms with E-state index in [4.69, 9.17) is 14.6 Å². The summed E-state index contributed by atoms with van der Waals surface area (Å²) in [6.07, 6.45) is -3.35. The van der Waals surface area contributed by atoms with Crippen LogP contribution >= 0.6 is 0 Å². The lowest BCUT2D eigenvalue weighted by atomic mass is 9.98. The van der Waals surface area contributed by atoms with Gasteiger partial charge in [-0.25, -0.2) is 4.79 Å². The lowest BCUT2D eigenvalue weighted by molar-refractivity contribution is -0.139. The topological polar surface area (TPSA) is 134 Å². The first-order valence-corrected chi connectivity index (χ1v) is 12.8. The van der Waals surface area contributed by atoms with Gasteiger partial charge in [0.1, 0.15) is 12.6 Å². The van der Waals surface area contributed by atoms with Crippen LogP contribution in [0, 0.1) is 0 Å². The van der Waals surface area contributed by atoms with Gasteiger partial charge in [-0.1, -0.05) is 78.9 Å². The number of alkyl carbamates (subject to hydrolysis) is 1. The van der Waals surface area contributed by atoms with Crippen LogP contribution in [0.2, 0.25) is 0 Å². The Bertz CT molecular complexity index is 1250. The lowest BCUT2D eigenvalue weighted by Gasteiger charge is -2.25. The Morgan fingerprint density at radius 1 is 0.897 bits per heavy atom. The smallest absolute Gasteiger partial charge is 0.407 e. The molecule has 1 unspecified atom stereocenters. The SMILES string of the molecule is C[C@H](OCc1ccccc1)[C@@H](NC(=O)OCC1c2ccccc2-c2ccccc21)C(=O)NCC(O)CC(=O)O. The average molecular weight is 533 g/mol. The molecule has 3 atom stereocenters. The standard InChI is InChI=1S/C30H32N2O7/c1-19(38-17-20-9-3-2-4-10-20)28(29(36)31-16-21(33)15-27(34)35)32-30(37)39-18-26-24-13-7-5-11-22(24)23-12-6-8-14-25(23)26/h2-14,19,21,26,28,33H,15-18H2,1H3,(H,31,36)(H,32,37)(H,34,35)/t19-,21?,28+/m0/s1. The van der Waals surface area contributed by atoms with Crippen LogP contribution < -0.4 is 10.6 Å². The number of aliphatic carboxylic acids is 1. The van der Waals surface area contributed by atoms with Crippen molar-refractivity contribution in [1.82, 2.24) is 10.6 Å². The molecule has 9 nitrogen and oxygen atoms in total. The van der Waals surface area contributed by atoms with Crippen LogP contribution in [0.1, 0.15) is 36.0 Å². The summed E-state index contributed by atoms with van der Waals surface area (Å²) in [4.78, 5) is 36.7. The Morgan fingerprint density at radius 3 is 2.10 bits per heavy atom. The van der Waals surface area contributed by atoms with Crippen LogP contribution in [-0.4, -0.2) is 59.6 Å². The molecule has 0 saturated heterocycles. The first-order chi connectivity index (χ1) is 18.8. The molecule has 2 amide bonds. The van der Waals surface area contributed by atoms with Gasteiger partial charge in [0.2, 0.25) is 5.91 Å². The highest BCUT2D eigenvalue weighted by molar-refractivity contribution is 5.86. The summed E-state index contributed by atoms with van der Waals surface area (Å²) < 4.78 is 11.5. The maximum absolute atomic E-state index is 13.0. The Balaban J connectivity index is 1.41. The summed E-state index contributed by atoms with van der Waals surface area (Å²) in [6.45, 7) is 1.63. The Kier molecular flexibility index (Phi) is 9.30. The van der Waals surface area contributed by atoms with E-state index in [0.717, 1.165) is 27.8 Å². The van der Waals surface area contributed by atoms with Crippen molar-refractivity contribution in [1.29, 1.82) is 0 Å². The second-order valence-electron chi connectivity index (χ2n) is 9.45. The number of carbonyl (C=O) groups excluding carboxylic acids is 2. The number of fused-ring (bicyclic) bond motifs is 3. The van der Waals surface area contributed by atoms with E-state index in [2.05, 4.69) is 10.6 Å². The van der Waals surface area contributed by atoms with Gasteiger partial charge in [-0.15, -0.1) is 0 Å². The van der Waals surface area contributed by atoms with Crippen molar-refractivity contribution in [2.75, 3.05) is 13.2 Å². The van der Waals surface area contributed by atoms with Gasteiger partial charge in [-0.2, -0.15) is 0 Å². The number of benzene rings is 3. The summed E-state index contributed by atoms with van der Waals surface area (Å²) >= 11 is 0. The molecule has 3 aromatic rings. The summed E-state index contributed by atoms with van der Waals surface area (Å²) in [5.74, 6) is -1.97. The van der Waals surface area contributed by atoms with Crippen LogP contribution in [0.25, 0.3) is 11.1 Å². The minimum atomic E-state index is -1.28. The van der Waals surface area contributed by atoms with Gasteiger partial charge in [0, 0.05) is 12.5 Å². The first kappa shape index (κ1) is 27.8. The molecule has 0 saturated carbocycles. The third-order valence-corrected chi connectivity index (χ3v) is 6.65. The van der Waals surface area contributed by atoms with Gasteiger partial charge in [0.25, 0.3) is 0 Å². The van der Waals surface area contributed by atoms with Crippen LogP contribution in [0.3, 0.4) is 0 Å². The molecular weight excluding hydrogens is 500 g/mol. The molecule has 9 heteroatoms. The second-order valence-corrected chi connectivity index (χ2v) is 9.45. The molecule has 204 valence electrons.